The van der Waals surface area contributed by atoms with Gasteiger partial charge >= 0.3 is 10.2 Å². The number of hydrogen-bond donors (Lipinski definition) is 4. The molecule has 336 valence electrons. The molecular weight excluding hydrogens is 865 g/mol. The second-order valence-electron chi connectivity index (χ2n) is 16.5. The lowest BCUT2D eigenvalue weighted by molar-refractivity contribution is -0.139. The minimum Gasteiger partial charge on any atom is -0.382 e. The van der Waals surface area contributed by atoms with E-state index < -0.39 is 68.5 Å². The molecule has 1 atom stereocenters. The fraction of sp³-hybridized carbons (Fsp3) is 0.311. The number of carbonyl (C=O) groups is 6. The molecule has 4 N–H and O–H groups in total. The molecule has 3 fully saturated rings. The molecule has 0 spiro atoms. The number of aromatic amines is 1. The Kier molecular flexibility index (Phi) is 11.2. The van der Waals surface area contributed by atoms with E-state index in [9.17, 15) is 37.2 Å². The van der Waals surface area contributed by atoms with Crippen molar-refractivity contribution in [1.82, 2.24) is 29.4 Å². The summed E-state index contributed by atoms with van der Waals surface area (Å²) in [6.45, 7) is 3.92. The first-order chi connectivity index (χ1) is 31.1. The fourth-order valence-electron chi connectivity index (χ4n) is 8.81. The van der Waals surface area contributed by atoms with E-state index >= 15 is 8.78 Å². The van der Waals surface area contributed by atoms with Gasteiger partial charge in [0.1, 0.15) is 17.5 Å². The number of nitrogens with one attached hydrogen (secondary N) is 4. The van der Waals surface area contributed by atoms with Crippen molar-refractivity contribution >= 4 is 73.6 Å². The van der Waals surface area contributed by atoms with E-state index in [1.165, 1.54) is 13.2 Å². The summed E-state index contributed by atoms with van der Waals surface area (Å²) in [6, 6.07) is 14.9. The van der Waals surface area contributed by atoms with Crippen LogP contribution in [-0.4, -0.2) is 120 Å². The molecule has 1 saturated carbocycles. The molecule has 0 radical (unpaired) electrons. The number of rotatable bonds is 12. The van der Waals surface area contributed by atoms with Gasteiger partial charge in [-0.15, -0.1) is 0 Å². The van der Waals surface area contributed by atoms with Crippen LogP contribution < -0.4 is 20.3 Å². The normalized spacial score (nSPS) is 20.0. The number of piperazine rings is 1. The monoisotopic (exact) mass is 907 g/mol. The van der Waals surface area contributed by atoms with Crippen molar-refractivity contribution in [3.63, 3.8) is 0 Å². The quantitative estimate of drug-likeness (QED) is 0.102. The summed E-state index contributed by atoms with van der Waals surface area (Å²) in [7, 11) is -2.87. The average molecular weight is 908 g/mol. The Morgan fingerprint density at radius 1 is 0.923 bits per heavy atom. The molecule has 2 saturated heterocycles. The Morgan fingerprint density at radius 2 is 1.66 bits per heavy atom. The molecule has 5 aromatic rings. The highest BCUT2D eigenvalue weighted by molar-refractivity contribution is 7.90. The highest BCUT2D eigenvalue weighted by Gasteiger charge is 2.46. The van der Waals surface area contributed by atoms with Gasteiger partial charge in [0.15, 0.2) is 5.82 Å². The number of hydrogen-bond acceptors (Lipinski definition) is 11. The highest BCUT2D eigenvalue weighted by atomic mass is 32.2. The molecule has 3 aromatic carbocycles. The number of carbonyl (C=O) groups excluding carboxylic acids is 6. The Bertz CT molecular complexity index is 2930. The molecular formula is C45H43F2N9O8S. The molecule has 2 aromatic heterocycles. The fourth-order valence-corrected chi connectivity index (χ4v) is 9.74. The number of anilines is 3. The van der Waals surface area contributed by atoms with Gasteiger partial charge in [-0.3, -0.25) is 43.7 Å². The Morgan fingerprint density at radius 3 is 2.37 bits per heavy atom. The third kappa shape index (κ3) is 7.85. The highest BCUT2D eigenvalue weighted by Crippen LogP contribution is 2.38. The van der Waals surface area contributed by atoms with Crippen LogP contribution in [-0.2, 0) is 24.6 Å². The number of imide groups is 2. The summed E-state index contributed by atoms with van der Waals surface area (Å²) >= 11 is 0. The van der Waals surface area contributed by atoms with Gasteiger partial charge in [-0.05, 0) is 67.3 Å². The minimum absolute atomic E-state index is 0.0288. The van der Waals surface area contributed by atoms with Crippen molar-refractivity contribution < 1.29 is 46.0 Å². The molecule has 4 aliphatic rings. The van der Waals surface area contributed by atoms with Gasteiger partial charge in [-0.25, -0.2) is 13.8 Å². The van der Waals surface area contributed by atoms with Crippen LogP contribution in [0.5, 0.6) is 0 Å². The van der Waals surface area contributed by atoms with E-state index in [0.717, 1.165) is 32.6 Å². The maximum absolute atomic E-state index is 15.6. The number of benzene rings is 3. The first kappa shape index (κ1) is 43.2. The SMILES string of the molecule is CCN(C)S(=O)(=O)Nc1ccc(F)c(C(=O)c2c[nH]c3ncc(-c4ccc(N5CCN(C(=O)[C@H]6C[C@H](Nc7cccc8c7C(=O)N(C7CCC(=O)NC7=O)C8=O)C6)CC5)cc4)cc23)c1F. The van der Waals surface area contributed by atoms with E-state index in [2.05, 4.69) is 30.2 Å². The van der Waals surface area contributed by atoms with Crippen LogP contribution in [0.2, 0.25) is 0 Å². The molecule has 3 aliphatic heterocycles. The number of aromatic nitrogens is 2. The summed E-state index contributed by atoms with van der Waals surface area (Å²) in [5, 5.41) is 5.86. The van der Waals surface area contributed by atoms with Gasteiger partial charge in [0.25, 0.3) is 11.8 Å². The lowest BCUT2D eigenvalue weighted by atomic mass is 9.79. The van der Waals surface area contributed by atoms with E-state index in [1.807, 2.05) is 29.2 Å². The lowest BCUT2D eigenvalue weighted by Crippen LogP contribution is -2.54. The average Bonchev–Trinajstić information content (AvgIpc) is 3.82. The zero-order valence-electron chi connectivity index (χ0n) is 35.2. The third-order valence-corrected chi connectivity index (χ3v) is 14.2. The standard InChI is InChI=1S/C45H43F2N9O8S/c1-3-53(2)65(63,64)52-34-12-11-32(46)38(39(34)47)40(58)31-23-49-41-30(31)21-26(22-48-41)24-7-9-28(10-8-24)54-15-17-55(18-16-54)43(60)25-19-27(20-25)50-33-6-4-5-29-37(33)45(62)56(44(29)61)35-13-14-36(57)51-42(35)59/h4-12,21-23,25,27,35,50,52H,3,13-20H2,1-2H3,(H,48,49)(H,51,57,59)/t25-,27-,35?. The van der Waals surface area contributed by atoms with E-state index in [1.54, 1.807) is 37.4 Å². The molecule has 5 heterocycles. The Labute approximate surface area is 371 Å². The predicted molar refractivity (Wildman–Crippen MR) is 234 cm³/mol. The number of H-pyrrole nitrogens is 1. The molecule has 9 rings (SSSR count). The van der Waals surface area contributed by atoms with Crippen molar-refractivity contribution in [1.29, 1.82) is 0 Å². The van der Waals surface area contributed by atoms with Crippen molar-refractivity contribution in [3.8, 4) is 11.1 Å². The topological polar surface area (TPSA) is 214 Å². The number of ketones is 1. The smallest absolute Gasteiger partial charge is 0.301 e. The van der Waals surface area contributed by atoms with Gasteiger partial charge in [0.05, 0.1) is 22.4 Å². The minimum atomic E-state index is -4.16. The van der Waals surface area contributed by atoms with Crippen molar-refractivity contribution in [2.24, 2.45) is 5.92 Å². The maximum Gasteiger partial charge on any atom is 0.301 e. The van der Waals surface area contributed by atoms with Gasteiger partial charge in [-0.2, -0.15) is 12.7 Å². The van der Waals surface area contributed by atoms with Crippen LogP contribution in [0.3, 0.4) is 0 Å². The summed E-state index contributed by atoms with van der Waals surface area (Å²) in [6.07, 6.45) is 4.10. The number of pyridine rings is 1. The van der Waals surface area contributed by atoms with Crippen LogP contribution >= 0.6 is 0 Å². The van der Waals surface area contributed by atoms with Gasteiger partial charge in [0, 0.05) is 98.4 Å². The molecule has 65 heavy (non-hydrogen) atoms. The molecule has 17 nitrogen and oxygen atoms in total. The van der Waals surface area contributed by atoms with Crippen LogP contribution in [0.1, 0.15) is 69.2 Å². The van der Waals surface area contributed by atoms with Gasteiger partial charge in [-0.1, -0.05) is 25.1 Å². The summed E-state index contributed by atoms with van der Waals surface area (Å²) < 4.78 is 58.8. The van der Waals surface area contributed by atoms with Crippen molar-refractivity contribution in [3.05, 3.63) is 107 Å². The maximum atomic E-state index is 15.6. The Hall–Kier alpha value is -7.06. The predicted octanol–water partition coefficient (Wildman–Crippen LogP) is 4.29. The molecule has 20 heteroatoms. The van der Waals surface area contributed by atoms with E-state index in [4.69, 9.17) is 0 Å². The summed E-state index contributed by atoms with van der Waals surface area (Å²) in [5.74, 6) is -5.94. The number of halogens is 2. The number of amides is 5. The van der Waals surface area contributed by atoms with Crippen molar-refractivity contribution in [2.45, 2.75) is 44.7 Å². The van der Waals surface area contributed by atoms with E-state index in [-0.39, 0.29) is 53.9 Å². The van der Waals surface area contributed by atoms with Crippen molar-refractivity contribution in [2.75, 3.05) is 54.7 Å². The zero-order chi connectivity index (χ0) is 45.9. The second kappa shape index (κ2) is 16.8. The first-order valence-electron chi connectivity index (χ1n) is 21.1. The summed E-state index contributed by atoms with van der Waals surface area (Å²) in [5.41, 5.74) is 1.94. The number of piperidine rings is 1. The molecule has 1 aliphatic carbocycles. The first-order valence-corrected chi connectivity index (χ1v) is 22.6. The Balaban J connectivity index is 0.804. The van der Waals surface area contributed by atoms with Crippen LogP contribution in [0.25, 0.3) is 22.2 Å². The third-order valence-electron chi connectivity index (χ3n) is 12.7. The number of fused-ring (bicyclic) bond motifs is 2. The largest absolute Gasteiger partial charge is 0.382 e. The van der Waals surface area contributed by atoms with Crippen LogP contribution in [0.15, 0.2) is 73.1 Å². The van der Waals surface area contributed by atoms with Gasteiger partial charge in [0.2, 0.25) is 23.5 Å². The van der Waals surface area contributed by atoms with Crippen LogP contribution in [0, 0.1) is 17.6 Å². The molecule has 5 amide bonds. The number of nitrogens with zero attached hydrogens (tertiary/aromatic N) is 5. The lowest BCUT2D eigenvalue weighted by Gasteiger charge is -2.42. The summed E-state index contributed by atoms with van der Waals surface area (Å²) in [4.78, 5) is 90.4. The molecule has 1 unspecified atom stereocenters. The zero-order valence-corrected chi connectivity index (χ0v) is 36.0. The molecule has 0 bridgehead atoms. The van der Waals surface area contributed by atoms with Gasteiger partial charge < -0.3 is 20.1 Å². The van der Waals surface area contributed by atoms with Crippen LogP contribution in [0.4, 0.5) is 25.8 Å². The van der Waals surface area contributed by atoms with E-state index in [0.29, 0.717) is 61.3 Å². The second-order valence-corrected chi connectivity index (χ2v) is 18.3.